The van der Waals surface area contributed by atoms with Gasteiger partial charge in [-0.25, -0.2) is 4.79 Å². The van der Waals surface area contributed by atoms with Crippen LogP contribution < -0.4 is 10.2 Å². The van der Waals surface area contributed by atoms with Crippen LogP contribution in [-0.4, -0.2) is 61.1 Å². The fourth-order valence-corrected chi connectivity index (χ4v) is 3.72. The summed E-state index contributed by atoms with van der Waals surface area (Å²) in [5, 5.41) is 12.2. The molecule has 0 atom stereocenters. The quantitative estimate of drug-likeness (QED) is 0.707. The van der Waals surface area contributed by atoms with Crippen molar-refractivity contribution < 1.29 is 24.2 Å². The average Bonchev–Trinajstić information content (AvgIpc) is 3.08. The molecule has 2 amide bonds. The van der Waals surface area contributed by atoms with Crippen LogP contribution in [-0.2, 0) is 24.5 Å². The van der Waals surface area contributed by atoms with Crippen LogP contribution in [0, 0.1) is 0 Å². The van der Waals surface area contributed by atoms with Crippen molar-refractivity contribution in [3.63, 3.8) is 0 Å². The summed E-state index contributed by atoms with van der Waals surface area (Å²) in [6, 6.07) is 5.46. The summed E-state index contributed by atoms with van der Waals surface area (Å²) < 4.78 is 4.80. The highest BCUT2D eigenvalue weighted by molar-refractivity contribution is 6.10. The Balaban J connectivity index is 1.97. The summed E-state index contributed by atoms with van der Waals surface area (Å²) in [5.41, 5.74) is 1.99. The predicted molar refractivity (Wildman–Crippen MR) is 104 cm³/mol. The molecule has 0 radical (unpaired) electrons. The number of ether oxygens (including phenoxy) is 1. The number of amides is 2. The summed E-state index contributed by atoms with van der Waals surface area (Å²) in [7, 11) is 1.26. The SMILES string of the molecule is CCN1C(=O)C(C)(C)c2cc(NC3=C(C(=O)OC)CN(CCO)C3=O)ccc21. The maximum atomic E-state index is 12.7. The van der Waals surface area contributed by atoms with E-state index >= 15 is 0 Å². The van der Waals surface area contributed by atoms with Gasteiger partial charge in [0.2, 0.25) is 5.91 Å². The first-order valence-electron chi connectivity index (χ1n) is 9.21. The molecule has 0 fully saturated rings. The van der Waals surface area contributed by atoms with Crippen LogP contribution in [0.4, 0.5) is 11.4 Å². The average molecular weight is 387 g/mol. The number of likely N-dealkylation sites (N-methyl/N-ethyl adjacent to an activating group) is 1. The molecule has 0 aliphatic carbocycles. The summed E-state index contributed by atoms with van der Waals surface area (Å²) in [4.78, 5) is 40.6. The van der Waals surface area contributed by atoms with E-state index < -0.39 is 11.4 Å². The maximum Gasteiger partial charge on any atom is 0.337 e. The predicted octanol–water partition coefficient (Wildman–Crippen LogP) is 1.00. The number of hydrogen-bond donors (Lipinski definition) is 2. The second kappa shape index (κ2) is 7.27. The number of anilines is 2. The van der Waals surface area contributed by atoms with Gasteiger partial charge in [-0.05, 0) is 44.5 Å². The zero-order chi connectivity index (χ0) is 20.6. The minimum Gasteiger partial charge on any atom is -0.466 e. The highest BCUT2D eigenvalue weighted by Crippen LogP contribution is 2.42. The van der Waals surface area contributed by atoms with Gasteiger partial charge in [-0.3, -0.25) is 9.59 Å². The Morgan fingerprint density at radius 3 is 2.64 bits per heavy atom. The molecule has 0 spiro atoms. The van der Waals surface area contributed by atoms with Crippen molar-refractivity contribution in [2.24, 2.45) is 0 Å². The Morgan fingerprint density at radius 1 is 1.32 bits per heavy atom. The Hall–Kier alpha value is -2.87. The molecule has 1 aromatic rings. The van der Waals surface area contributed by atoms with Crippen molar-refractivity contribution in [2.75, 3.05) is 43.6 Å². The van der Waals surface area contributed by atoms with Gasteiger partial charge < -0.3 is 25.0 Å². The monoisotopic (exact) mass is 387 g/mol. The Morgan fingerprint density at radius 2 is 2.04 bits per heavy atom. The van der Waals surface area contributed by atoms with E-state index in [1.807, 2.05) is 32.9 Å². The summed E-state index contributed by atoms with van der Waals surface area (Å²) >= 11 is 0. The van der Waals surface area contributed by atoms with Gasteiger partial charge in [0.15, 0.2) is 0 Å². The number of aliphatic hydroxyl groups excluding tert-OH is 1. The smallest absolute Gasteiger partial charge is 0.337 e. The highest BCUT2D eigenvalue weighted by Gasteiger charge is 2.43. The minimum atomic E-state index is -0.675. The van der Waals surface area contributed by atoms with Crippen LogP contribution >= 0.6 is 0 Å². The molecule has 0 saturated carbocycles. The third-order valence-corrected chi connectivity index (χ3v) is 5.28. The highest BCUT2D eigenvalue weighted by atomic mass is 16.5. The molecular weight excluding hydrogens is 362 g/mol. The van der Waals surface area contributed by atoms with Gasteiger partial charge in [0.05, 0.1) is 31.2 Å². The van der Waals surface area contributed by atoms with Gasteiger partial charge >= 0.3 is 5.97 Å². The van der Waals surface area contributed by atoms with Gasteiger partial charge in [0.1, 0.15) is 5.70 Å². The lowest BCUT2D eigenvalue weighted by atomic mass is 9.86. The fourth-order valence-electron chi connectivity index (χ4n) is 3.72. The van der Waals surface area contributed by atoms with Crippen molar-refractivity contribution in [3.05, 3.63) is 35.0 Å². The standard InChI is InChI=1S/C20H25N3O5/c1-5-23-15-7-6-12(10-14(15)20(2,3)19(23)27)21-16-13(18(26)28-4)11-22(8-9-24)17(16)25/h6-7,10,21,24H,5,8-9,11H2,1-4H3. The lowest BCUT2D eigenvalue weighted by molar-refractivity contribution is -0.136. The summed E-state index contributed by atoms with van der Waals surface area (Å²) in [5.74, 6) is -0.937. The molecule has 2 aliphatic heterocycles. The number of nitrogens with zero attached hydrogens (tertiary/aromatic N) is 2. The van der Waals surface area contributed by atoms with Crippen molar-refractivity contribution in [1.29, 1.82) is 0 Å². The van der Waals surface area contributed by atoms with Crippen LogP contribution in [0.5, 0.6) is 0 Å². The van der Waals surface area contributed by atoms with E-state index in [-0.39, 0.29) is 42.8 Å². The number of β-amino-alcohol motifs (C(OH)–C–C–N with tert-alkyl or cyclic N) is 1. The number of methoxy groups -OCH3 is 1. The molecular formula is C20H25N3O5. The van der Waals surface area contributed by atoms with Crippen LogP contribution in [0.3, 0.4) is 0 Å². The molecule has 2 N–H and O–H groups in total. The lowest BCUT2D eigenvalue weighted by Crippen LogP contribution is -2.35. The number of nitrogens with one attached hydrogen (secondary N) is 1. The van der Waals surface area contributed by atoms with E-state index in [1.165, 1.54) is 12.0 Å². The molecule has 2 aliphatic rings. The molecule has 3 rings (SSSR count). The van der Waals surface area contributed by atoms with E-state index in [2.05, 4.69) is 5.32 Å². The number of carbonyl (C=O) groups excluding carboxylic acids is 3. The van der Waals surface area contributed by atoms with E-state index in [0.29, 0.717) is 12.2 Å². The first kappa shape index (κ1) is 19.9. The van der Waals surface area contributed by atoms with Crippen molar-refractivity contribution in [2.45, 2.75) is 26.2 Å². The van der Waals surface area contributed by atoms with Crippen LogP contribution in [0.2, 0.25) is 0 Å². The Kier molecular flexibility index (Phi) is 5.16. The second-order valence-electron chi connectivity index (χ2n) is 7.33. The van der Waals surface area contributed by atoms with Crippen molar-refractivity contribution >= 4 is 29.2 Å². The molecule has 0 aromatic heterocycles. The molecule has 8 nitrogen and oxygen atoms in total. The molecule has 0 unspecified atom stereocenters. The lowest BCUT2D eigenvalue weighted by Gasteiger charge is -2.18. The summed E-state index contributed by atoms with van der Waals surface area (Å²) in [6.45, 7) is 6.25. The first-order valence-corrected chi connectivity index (χ1v) is 9.21. The van der Waals surface area contributed by atoms with Gasteiger partial charge in [-0.2, -0.15) is 0 Å². The molecule has 8 heteroatoms. The van der Waals surface area contributed by atoms with E-state index in [1.54, 1.807) is 11.0 Å². The van der Waals surface area contributed by atoms with Gasteiger partial charge in [0.25, 0.3) is 5.91 Å². The van der Waals surface area contributed by atoms with Gasteiger partial charge in [0, 0.05) is 24.5 Å². The van der Waals surface area contributed by atoms with Crippen molar-refractivity contribution in [3.8, 4) is 0 Å². The number of esters is 1. The number of aliphatic hydroxyl groups is 1. The molecule has 28 heavy (non-hydrogen) atoms. The van der Waals surface area contributed by atoms with Crippen molar-refractivity contribution in [1.82, 2.24) is 4.90 Å². The number of fused-ring (bicyclic) bond motifs is 1. The van der Waals surface area contributed by atoms with Gasteiger partial charge in [-0.1, -0.05) is 0 Å². The Labute approximate surface area is 163 Å². The van der Waals surface area contributed by atoms with Gasteiger partial charge in [-0.15, -0.1) is 0 Å². The molecule has 1 aromatic carbocycles. The number of benzene rings is 1. The van der Waals surface area contributed by atoms with Crippen LogP contribution in [0.15, 0.2) is 29.5 Å². The minimum absolute atomic E-state index is 0.0303. The number of carbonyl (C=O) groups is 3. The van der Waals surface area contributed by atoms with E-state index in [9.17, 15) is 14.4 Å². The summed E-state index contributed by atoms with van der Waals surface area (Å²) in [6.07, 6.45) is 0. The molecule has 150 valence electrons. The van der Waals surface area contributed by atoms with Crippen LogP contribution in [0.25, 0.3) is 0 Å². The largest absolute Gasteiger partial charge is 0.466 e. The second-order valence-corrected chi connectivity index (χ2v) is 7.33. The zero-order valence-corrected chi connectivity index (χ0v) is 16.5. The molecule has 0 saturated heterocycles. The van der Waals surface area contributed by atoms with Crippen LogP contribution in [0.1, 0.15) is 26.3 Å². The third kappa shape index (κ3) is 3.03. The Bertz CT molecular complexity index is 875. The zero-order valence-electron chi connectivity index (χ0n) is 16.5. The molecule has 2 heterocycles. The number of rotatable bonds is 6. The fraction of sp³-hybridized carbons (Fsp3) is 0.450. The first-order chi connectivity index (χ1) is 13.3. The maximum absolute atomic E-state index is 12.7. The molecule has 0 bridgehead atoms. The third-order valence-electron chi connectivity index (χ3n) is 5.28. The number of hydrogen-bond acceptors (Lipinski definition) is 6. The van der Waals surface area contributed by atoms with E-state index in [4.69, 9.17) is 9.84 Å². The van der Waals surface area contributed by atoms with E-state index in [0.717, 1.165) is 11.3 Å². The topological polar surface area (TPSA) is 99.2 Å². The normalized spacial score (nSPS) is 18.0.